The Morgan fingerprint density at radius 2 is 2.00 bits per heavy atom. The number of Topliss-reactive ketones (excluding diaryl/α,β-unsaturated/α-hetero) is 1. The van der Waals surface area contributed by atoms with E-state index in [0.29, 0.717) is 10.4 Å². The molecule has 1 heterocycles. The summed E-state index contributed by atoms with van der Waals surface area (Å²) in [5, 5.41) is 0. The second kappa shape index (κ2) is 5.96. The van der Waals surface area contributed by atoms with E-state index in [4.69, 9.17) is 0 Å². The number of hydrogen-bond donors (Lipinski definition) is 0. The number of halogens is 1. The van der Waals surface area contributed by atoms with Crippen LogP contribution in [0.15, 0.2) is 30.3 Å². The monoisotopic (exact) mass is 292 g/mol. The Balaban J connectivity index is 2.30. The smallest absolute Gasteiger partial charge is 0.339 e. The van der Waals surface area contributed by atoms with E-state index in [1.54, 1.807) is 31.2 Å². The molecule has 2 aromatic rings. The molecule has 0 fully saturated rings. The molecule has 0 aliphatic rings. The second-order valence-corrected chi connectivity index (χ2v) is 5.54. The topological polar surface area (TPSA) is 43.4 Å². The molecule has 0 saturated heterocycles. The summed E-state index contributed by atoms with van der Waals surface area (Å²) >= 11 is 1.22. The lowest BCUT2D eigenvalue weighted by Gasteiger charge is -2.03. The van der Waals surface area contributed by atoms with Gasteiger partial charge in [-0.1, -0.05) is 18.2 Å². The van der Waals surface area contributed by atoms with E-state index in [9.17, 15) is 14.0 Å². The fourth-order valence-corrected chi connectivity index (χ4v) is 2.81. The molecule has 5 heteroatoms. The van der Waals surface area contributed by atoms with Crippen LogP contribution < -0.4 is 0 Å². The number of benzene rings is 1. The van der Waals surface area contributed by atoms with Gasteiger partial charge in [0, 0.05) is 11.3 Å². The van der Waals surface area contributed by atoms with Crippen molar-refractivity contribution in [2.45, 2.75) is 13.3 Å². The van der Waals surface area contributed by atoms with E-state index >= 15 is 0 Å². The van der Waals surface area contributed by atoms with Crippen LogP contribution >= 0.6 is 11.3 Å². The molecule has 0 N–H and O–H groups in total. The predicted octanol–water partition coefficient (Wildman–Crippen LogP) is 3.41. The third-order valence-electron chi connectivity index (χ3n) is 2.82. The van der Waals surface area contributed by atoms with Crippen LogP contribution in [0.4, 0.5) is 4.39 Å². The first-order chi connectivity index (χ1) is 9.52. The summed E-state index contributed by atoms with van der Waals surface area (Å²) in [5.74, 6) is -1.26. The summed E-state index contributed by atoms with van der Waals surface area (Å²) in [5.41, 5.74) is 0.565. The number of ether oxygens (including phenoxy) is 1. The summed E-state index contributed by atoms with van der Waals surface area (Å²) in [4.78, 5) is 25.0. The van der Waals surface area contributed by atoms with Gasteiger partial charge in [-0.05, 0) is 24.6 Å². The Labute approximate surface area is 120 Å². The van der Waals surface area contributed by atoms with Gasteiger partial charge in [-0.3, -0.25) is 4.79 Å². The van der Waals surface area contributed by atoms with E-state index in [1.807, 2.05) is 0 Å². The molecule has 0 aliphatic heterocycles. The van der Waals surface area contributed by atoms with Gasteiger partial charge in [0.2, 0.25) is 0 Å². The van der Waals surface area contributed by atoms with Crippen molar-refractivity contribution in [2.24, 2.45) is 0 Å². The second-order valence-electron chi connectivity index (χ2n) is 4.28. The van der Waals surface area contributed by atoms with Crippen LogP contribution in [0.3, 0.4) is 0 Å². The van der Waals surface area contributed by atoms with Gasteiger partial charge in [0.1, 0.15) is 5.82 Å². The van der Waals surface area contributed by atoms with Crippen LogP contribution in [0, 0.1) is 12.7 Å². The highest BCUT2D eigenvalue weighted by Crippen LogP contribution is 2.24. The molecule has 1 aromatic heterocycles. The zero-order valence-corrected chi connectivity index (χ0v) is 11.9. The molecule has 0 amide bonds. The number of ketones is 1. The molecular formula is C15H13FO3S. The van der Waals surface area contributed by atoms with E-state index in [0.717, 1.165) is 4.88 Å². The molecule has 2 rings (SSSR count). The minimum atomic E-state index is -0.550. The Hall–Kier alpha value is -2.01. The van der Waals surface area contributed by atoms with E-state index in [1.165, 1.54) is 24.5 Å². The molecule has 104 valence electrons. The number of methoxy groups -OCH3 is 1. The molecule has 0 spiro atoms. The fourth-order valence-electron chi connectivity index (χ4n) is 1.88. The highest BCUT2D eigenvalue weighted by molar-refractivity contribution is 7.14. The van der Waals surface area contributed by atoms with Crippen molar-refractivity contribution in [3.63, 3.8) is 0 Å². The average molecular weight is 292 g/mol. The third kappa shape index (κ3) is 2.93. The first-order valence-corrected chi connectivity index (χ1v) is 6.80. The van der Waals surface area contributed by atoms with Gasteiger partial charge in [-0.25, -0.2) is 9.18 Å². The van der Waals surface area contributed by atoms with Gasteiger partial charge in [-0.15, -0.1) is 11.3 Å². The van der Waals surface area contributed by atoms with Crippen molar-refractivity contribution >= 4 is 23.1 Å². The van der Waals surface area contributed by atoms with Gasteiger partial charge < -0.3 is 4.74 Å². The lowest BCUT2D eigenvalue weighted by atomic mass is 10.1. The van der Waals surface area contributed by atoms with Crippen molar-refractivity contribution in [3.05, 3.63) is 57.0 Å². The Morgan fingerprint density at radius 1 is 1.30 bits per heavy atom. The zero-order chi connectivity index (χ0) is 14.7. The van der Waals surface area contributed by atoms with E-state index < -0.39 is 11.8 Å². The number of rotatable bonds is 4. The van der Waals surface area contributed by atoms with Gasteiger partial charge in [-0.2, -0.15) is 0 Å². The van der Waals surface area contributed by atoms with Crippen molar-refractivity contribution in [2.75, 3.05) is 7.11 Å². The average Bonchev–Trinajstić information content (AvgIpc) is 2.82. The van der Waals surface area contributed by atoms with Crippen LogP contribution in [0.2, 0.25) is 0 Å². The predicted molar refractivity (Wildman–Crippen MR) is 74.8 cm³/mol. The lowest BCUT2D eigenvalue weighted by molar-refractivity contribution is 0.0598. The summed E-state index contributed by atoms with van der Waals surface area (Å²) in [7, 11) is 1.26. The van der Waals surface area contributed by atoms with E-state index in [2.05, 4.69) is 4.74 Å². The number of carbonyl (C=O) groups excluding carboxylic acids is 2. The summed E-state index contributed by atoms with van der Waals surface area (Å²) < 4.78 is 18.2. The third-order valence-corrected chi connectivity index (χ3v) is 3.91. The van der Waals surface area contributed by atoms with Gasteiger partial charge in [0.25, 0.3) is 0 Å². The molecular weight excluding hydrogens is 279 g/mol. The molecule has 3 nitrogen and oxygen atoms in total. The minimum absolute atomic E-state index is 0.0728. The molecule has 0 bridgehead atoms. The van der Waals surface area contributed by atoms with Crippen LogP contribution in [-0.4, -0.2) is 18.9 Å². The molecule has 0 atom stereocenters. The quantitative estimate of drug-likeness (QED) is 0.640. The van der Waals surface area contributed by atoms with Gasteiger partial charge in [0.05, 0.1) is 17.6 Å². The van der Waals surface area contributed by atoms with Gasteiger partial charge in [0.15, 0.2) is 5.78 Å². The number of carbonyl (C=O) groups is 2. The molecule has 20 heavy (non-hydrogen) atoms. The number of thiophene rings is 1. The molecule has 0 saturated carbocycles. The molecule has 0 unspecified atom stereocenters. The largest absolute Gasteiger partial charge is 0.465 e. The van der Waals surface area contributed by atoms with E-state index in [-0.39, 0.29) is 17.8 Å². The van der Waals surface area contributed by atoms with Crippen molar-refractivity contribution in [1.29, 1.82) is 0 Å². The standard InChI is InChI=1S/C15H13FO3S/c1-9-7-11(15(18)19-2)14(20-9)13(17)8-10-5-3-4-6-12(10)16/h3-7H,8H2,1-2H3. The van der Waals surface area contributed by atoms with Crippen molar-refractivity contribution < 1.29 is 18.7 Å². The molecule has 0 radical (unpaired) electrons. The summed E-state index contributed by atoms with van der Waals surface area (Å²) in [6.45, 7) is 1.80. The fraction of sp³-hybridized carbons (Fsp3) is 0.200. The Morgan fingerprint density at radius 3 is 2.65 bits per heavy atom. The van der Waals surface area contributed by atoms with Crippen LogP contribution in [0.1, 0.15) is 30.5 Å². The van der Waals surface area contributed by atoms with Crippen molar-refractivity contribution in [3.8, 4) is 0 Å². The SMILES string of the molecule is COC(=O)c1cc(C)sc1C(=O)Cc1ccccc1F. The normalized spacial score (nSPS) is 10.3. The number of esters is 1. The number of aryl methyl sites for hydroxylation is 1. The first-order valence-electron chi connectivity index (χ1n) is 5.98. The van der Waals surface area contributed by atoms with Crippen LogP contribution in [0.5, 0.6) is 0 Å². The van der Waals surface area contributed by atoms with Crippen molar-refractivity contribution in [1.82, 2.24) is 0 Å². The lowest BCUT2D eigenvalue weighted by Crippen LogP contribution is -2.10. The minimum Gasteiger partial charge on any atom is -0.465 e. The maximum absolute atomic E-state index is 13.6. The number of hydrogen-bond acceptors (Lipinski definition) is 4. The van der Waals surface area contributed by atoms with Crippen LogP contribution in [-0.2, 0) is 11.2 Å². The maximum Gasteiger partial charge on any atom is 0.339 e. The van der Waals surface area contributed by atoms with Gasteiger partial charge >= 0.3 is 5.97 Å². The molecule has 0 aliphatic carbocycles. The Bertz CT molecular complexity index is 661. The zero-order valence-electron chi connectivity index (χ0n) is 11.1. The first kappa shape index (κ1) is 14.4. The highest BCUT2D eigenvalue weighted by atomic mass is 32.1. The molecule has 1 aromatic carbocycles. The highest BCUT2D eigenvalue weighted by Gasteiger charge is 2.21. The maximum atomic E-state index is 13.6. The Kier molecular flexibility index (Phi) is 4.29. The van der Waals surface area contributed by atoms with Crippen LogP contribution in [0.25, 0.3) is 0 Å². The summed E-state index contributed by atoms with van der Waals surface area (Å²) in [6, 6.07) is 7.73. The summed E-state index contributed by atoms with van der Waals surface area (Å²) in [6.07, 6.45) is -0.0728.